The summed E-state index contributed by atoms with van der Waals surface area (Å²) in [7, 11) is 0. The van der Waals surface area contributed by atoms with Crippen molar-refractivity contribution in [3.8, 4) is 0 Å². The molecule has 150 valence electrons. The van der Waals surface area contributed by atoms with Crippen molar-refractivity contribution in [1.29, 1.82) is 0 Å². The van der Waals surface area contributed by atoms with Crippen molar-refractivity contribution in [2.45, 2.75) is 62.4 Å². The standard InChI is InChI=1S/C23H31N3OS/c1-4-5-13-26-14-10-19(11-15-26)25-22(27)20-7-6-12-24-23(20)28-21-9-8-17(2)16-18(21)3/h6-9,12,16,19H,4-5,10-11,13-15H2,1-3H3,(H,25,27). The van der Waals surface area contributed by atoms with Crippen LogP contribution in [0.3, 0.4) is 0 Å². The van der Waals surface area contributed by atoms with Crippen LogP contribution in [0.25, 0.3) is 0 Å². The van der Waals surface area contributed by atoms with E-state index in [2.05, 4.69) is 54.2 Å². The lowest BCUT2D eigenvalue weighted by Gasteiger charge is -2.32. The highest BCUT2D eigenvalue weighted by molar-refractivity contribution is 7.99. The number of hydrogen-bond acceptors (Lipinski definition) is 4. The summed E-state index contributed by atoms with van der Waals surface area (Å²) >= 11 is 1.57. The van der Waals surface area contributed by atoms with Crippen LogP contribution in [-0.4, -0.2) is 41.5 Å². The van der Waals surface area contributed by atoms with E-state index in [9.17, 15) is 4.79 Å². The first-order valence-electron chi connectivity index (χ1n) is 10.3. The van der Waals surface area contributed by atoms with Gasteiger partial charge in [-0.15, -0.1) is 0 Å². The number of carbonyl (C=O) groups excluding carboxylic acids is 1. The zero-order valence-electron chi connectivity index (χ0n) is 17.2. The molecule has 1 fully saturated rings. The Morgan fingerprint density at radius 2 is 2.04 bits per heavy atom. The van der Waals surface area contributed by atoms with Crippen LogP contribution in [0.4, 0.5) is 0 Å². The maximum atomic E-state index is 12.9. The van der Waals surface area contributed by atoms with Crippen molar-refractivity contribution < 1.29 is 4.79 Å². The van der Waals surface area contributed by atoms with Crippen molar-refractivity contribution in [1.82, 2.24) is 15.2 Å². The molecule has 1 amide bonds. The van der Waals surface area contributed by atoms with Gasteiger partial charge in [0, 0.05) is 30.2 Å². The smallest absolute Gasteiger partial charge is 0.254 e. The van der Waals surface area contributed by atoms with E-state index < -0.39 is 0 Å². The number of likely N-dealkylation sites (tertiary alicyclic amines) is 1. The van der Waals surface area contributed by atoms with Crippen LogP contribution in [0.15, 0.2) is 46.5 Å². The molecular weight excluding hydrogens is 366 g/mol. The second kappa shape index (κ2) is 10.1. The third-order valence-electron chi connectivity index (χ3n) is 5.30. The number of carbonyl (C=O) groups is 1. The zero-order chi connectivity index (χ0) is 19.9. The number of benzene rings is 1. The van der Waals surface area contributed by atoms with E-state index in [1.807, 2.05) is 12.1 Å². The van der Waals surface area contributed by atoms with Gasteiger partial charge in [0.25, 0.3) is 5.91 Å². The van der Waals surface area contributed by atoms with E-state index in [1.54, 1.807) is 18.0 Å². The average molecular weight is 398 g/mol. The number of hydrogen-bond donors (Lipinski definition) is 1. The van der Waals surface area contributed by atoms with Gasteiger partial charge in [-0.1, -0.05) is 42.8 Å². The zero-order valence-corrected chi connectivity index (χ0v) is 18.0. The molecule has 2 heterocycles. The molecule has 0 aliphatic carbocycles. The van der Waals surface area contributed by atoms with Crippen LogP contribution in [-0.2, 0) is 0 Å². The molecule has 3 rings (SSSR count). The monoisotopic (exact) mass is 397 g/mol. The molecule has 1 aliphatic heterocycles. The summed E-state index contributed by atoms with van der Waals surface area (Å²) in [6.45, 7) is 9.74. The van der Waals surface area contributed by atoms with Gasteiger partial charge in [-0.25, -0.2) is 4.98 Å². The molecule has 0 atom stereocenters. The summed E-state index contributed by atoms with van der Waals surface area (Å²) in [4.78, 5) is 21.1. The lowest BCUT2D eigenvalue weighted by Crippen LogP contribution is -2.45. The third kappa shape index (κ3) is 5.58. The van der Waals surface area contributed by atoms with Gasteiger partial charge < -0.3 is 10.2 Å². The Labute approximate surface area is 173 Å². The molecule has 0 saturated carbocycles. The first kappa shape index (κ1) is 20.9. The first-order valence-corrected chi connectivity index (χ1v) is 11.1. The van der Waals surface area contributed by atoms with Crippen molar-refractivity contribution in [2.75, 3.05) is 19.6 Å². The highest BCUT2D eigenvalue weighted by atomic mass is 32.2. The number of pyridine rings is 1. The Morgan fingerprint density at radius 1 is 1.25 bits per heavy atom. The molecule has 2 aromatic rings. The van der Waals surface area contributed by atoms with E-state index in [4.69, 9.17) is 0 Å². The molecule has 0 spiro atoms. The predicted octanol–water partition coefficient (Wildman–Crippen LogP) is 4.84. The molecule has 0 radical (unpaired) electrons. The number of unbranched alkanes of at least 4 members (excludes halogenated alkanes) is 1. The Hall–Kier alpha value is -1.85. The summed E-state index contributed by atoms with van der Waals surface area (Å²) in [5.41, 5.74) is 3.12. The van der Waals surface area contributed by atoms with E-state index in [0.717, 1.165) is 35.9 Å². The Morgan fingerprint density at radius 3 is 2.75 bits per heavy atom. The van der Waals surface area contributed by atoms with E-state index in [1.165, 1.54) is 30.5 Å². The van der Waals surface area contributed by atoms with Crippen LogP contribution < -0.4 is 5.32 Å². The third-order valence-corrected chi connectivity index (χ3v) is 6.50. The summed E-state index contributed by atoms with van der Waals surface area (Å²) in [5, 5.41) is 4.01. The number of nitrogens with zero attached hydrogens (tertiary/aromatic N) is 2. The molecule has 1 aliphatic rings. The fraction of sp³-hybridized carbons (Fsp3) is 0.478. The van der Waals surface area contributed by atoms with Crippen molar-refractivity contribution in [3.63, 3.8) is 0 Å². The summed E-state index contributed by atoms with van der Waals surface area (Å²) in [6, 6.07) is 10.3. The minimum absolute atomic E-state index is 0.00706. The minimum Gasteiger partial charge on any atom is -0.349 e. The van der Waals surface area contributed by atoms with Gasteiger partial charge in [-0.3, -0.25) is 4.79 Å². The van der Waals surface area contributed by atoms with Crippen LogP contribution in [0.2, 0.25) is 0 Å². The second-order valence-electron chi connectivity index (χ2n) is 7.67. The van der Waals surface area contributed by atoms with Crippen molar-refractivity contribution in [2.24, 2.45) is 0 Å². The number of aryl methyl sites for hydroxylation is 2. The Bertz CT molecular complexity index is 800. The quantitative estimate of drug-likeness (QED) is 0.726. The maximum absolute atomic E-state index is 12.9. The van der Waals surface area contributed by atoms with E-state index in [-0.39, 0.29) is 11.9 Å². The van der Waals surface area contributed by atoms with Gasteiger partial charge >= 0.3 is 0 Å². The average Bonchev–Trinajstić information content (AvgIpc) is 2.70. The highest BCUT2D eigenvalue weighted by Gasteiger charge is 2.22. The Kier molecular flexibility index (Phi) is 7.51. The van der Waals surface area contributed by atoms with Gasteiger partial charge in [0.05, 0.1) is 5.56 Å². The lowest BCUT2D eigenvalue weighted by atomic mass is 10.0. The van der Waals surface area contributed by atoms with Gasteiger partial charge in [-0.2, -0.15) is 0 Å². The predicted molar refractivity (Wildman–Crippen MR) is 116 cm³/mol. The Balaban J connectivity index is 1.63. The largest absolute Gasteiger partial charge is 0.349 e. The minimum atomic E-state index is -0.00706. The molecule has 1 N–H and O–H groups in total. The fourth-order valence-electron chi connectivity index (χ4n) is 3.61. The molecule has 0 unspecified atom stereocenters. The molecule has 1 aromatic heterocycles. The normalized spacial score (nSPS) is 15.5. The number of rotatable bonds is 7. The van der Waals surface area contributed by atoms with Crippen LogP contribution >= 0.6 is 11.8 Å². The number of piperidine rings is 1. The maximum Gasteiger partial charge on any atom is 0.254 e. The topological polar surface area (TPSA) is 45.2 Å². The molecule has 1 aromatic carbocycles. The first-order chi connectivity index (χ1) is 13.6. The molecule has 0 bridgehead atoms. The van der Waals surface area contributed by atoms with Crippen LogP contribution in [0.1, 0.15) is 54.1 Å². The summed E-state index contributed by atoms with van der Waals surface area (Å²) in [5.74, 6) is -0.00706. The van der Waals surface area contributed by atoms with Gasteiger partial charge in [0.1, 0.15) is 5.03 Å². The second-order valence-corrected chi connectivity index (χ2v) is 8.70. The number of nitrogens with one attached hydrogen (secondary N) is 1. The molecule has 5 heteroatoms. The molecule has 4 nitrogen and oxygen atoms in total. The summed E-state index contributed by atoms with van der Waals surface area (Å²) in [6.07, 6.45) is 6.30. The summed E-state index contributed by atoms with van der Waals surface area (Å²) < 4.78 is 0. The van der Waals surface area contributed by atoms with Gasteiger partial charge in [0.15, 0.2) is 0 Å². The highest BCUT2D eigenvalue weighted by Crippen LogP contribution is 2.31. The van der Waals surface area contributed by atoms with Crippen molar-refractivity contribution in [3.05, 3.63) is 53.2 Å². The van der Waals surface area contributed by atoms with E-state index in [0.29, 0.717) is 5.56 Å². The van der Waals surface area contributed by atoms with Gasteiger partial charge in [-0.05, 0) is 63.4 Å². The molecule has 1 saturated heterocycles. The van der Waals surface area contributed by atoms with Gasteiger partial charge in [0.2, 0.25) is 0 Å². The van der Waals surface area contributed by atoms with Crippen LogP contribution in [0.5, 0.6) is 0 Å². The fourth-order valence-corrected chi connectivity index (χ4v) is 4.56. The number of aromatic nitrogens is 1. The molecule has 28 heavy (non-hydrogen) atoms. The van der Waals surface area contributed by atoms with Crippen molar-refractivity contribution >= 4 is 17.7 Å². The SMILES string of the molecule is CCCCN1CCC(NC(=O)c2cccnc2Sc2ccc(C)cc2C)CC1. The lowest BCUT2D eigenvalue weighted by molar-refractivity contribution is 0.0907. The van der Waals surface area contributed by atoms with Crippen LogP contribution in [0, 0.1) is 13.8 Å². The van der Waals surface area contributed by atoms with E-state index >= 15 is 0 Å². The number of amides is 1. The molecular formula is C23H31N3OS.